The molecule has 0 saturated carbocycles. The van der Waals surface area contributed by atoms with Crippen LogP contribution in [0.15, 0.2) is 12.3 Å². The van der Waals surface area contributed by atoms with Gasteiger partial charge in [0.25, 0.3) is 0 Å². The minimum absolute atomic E-state index is 0.0894. The zero-order chi connectivity index (χ0) is 15.1. The highest BCUT2D eigenvalue weighted by molar-refractivity contribution is 6.62. The van der Waals surface area contributed by atoms with Crippen LogP contribution in [-0.2, 0) is 14.0 Å². The third-order valence-electron chi connectivity index (χ3n) is 3.79. The van der Waals surface area contributed by atoms with Crippen molar-refractivity contribution in [3.05, 3.63) is 23.8 Å². The monoisotopic (exact) mass is 281 g/mol. The van der Waals surface area contributed by atoms with Crippen LogP contribution in [0.4, 0.5) is 4.39 Å². The number of ether oxygens (including phenoxy) is 1. The molecule has 0 aromatic carbocycles. The molecule has 1 aliphatic heterocycles. The van der Waals surface area contributed by atoms with E-state index in [2.05, 4.69) is 9.72 Å². The van der Waals surface area contributed by atoms with Gasteiger partial charge in [-0.3, -0.25) is 0 Å². The van der Waals surface area contributed by atoms with Gasteiger partial charge >= 0.3 is 13.1 Å². The van der Waals surface area contributed by atoms with Crippen molar-refractivity contribution in [2.45, 2.75) is 38.9 Å². The summed E-state index contributed by atoms with van der Waals surface area (Å²) in [5.74, 6) is -1.31. The molecule has 1 saturated heterocycles. The number of nitrogens with zero attached hydrogens (tertiary/aromatic N) is 1. The second-order valence-electron chi connectivity index (χ2n) is 5.68. The van der Waals surface area contributed by atoms with Crippen LogP contribution in [0.3, 0.4) is 0 Å². The Balaban J connectivity index is 2.37. The van der Waals surface area contributed by atoms with Gasteiger partial charge in [0.15, 0.2) is 0 Å². The summed E-state index contributed by atoms with van der Waals surface area (Å²) in [4.78, 5) is 15.0. The van der Waals surface area contributed by atoms with E-state index in [1.165, 1.54) is 13.2 Å². The molecule has 0 aliphatic carbocycles. The molecule has 0 unspecified atom stereocenters. The number of methoxy groups -OCH3 is 1. The molecule has 0 atom stereocenters. The van der Waals surface area contributed by atoms with E-state index in [1.807, 2.05) is 27.7 Å². The number of aromatic nitrogens is 1. The van der Waals surface area contributed by atoms with Crippen molar-refractivity contribution in [3.63, 3.8) is 0 Å². The van der Waals surface area contributed by atoms with E-state index in [0.717, 1.165) is 6.20 Å². The van der Waals surface area contributed by atoms with Gasteiger partial charge in [-0.05, 0) is 33.8 Å². The van der Waals surface area contributed by atoms with Crippen molar-refractivity contribution in [1.29, 1.82) is 0 Å². The van der Waals surface area contributed by atoms with Crippen LogP contribution in [-0.4, -0.2) is 36.4 Å². The van der Waals surface area contributed by atoms with Crippen molar-refractivity contribution in [2.24, 2.45) is 0 Å². The average Bonchev–Trinajstić information content (AvgIpc) is 2.58. The largest absolute Gasteiger partial charge is 0.499 e. The summed E-state index contributed by atoms with van der Waals surface area (Å²) in [6.07, 6.45) is 1.12. The number of carbonyl (C=O) groups is 1. The van der Waals surface area contributed by atoms with E-state index >= 15 is 0 Å². The van der Waals surface area contributed by atoms with Crippen molar-refractivity contribution >= 4 is 18.6 Å². The summed E-state index contributed by atoms with van der Waals surface area (Å²) in [6, 6.07) is 1.34. The molecule has 2 heterocycles. The van der Waals surface area contributed by atoms with E-state index in [1.54, 1.807) is 0 Å². The van der Waals surface area contributed by atoms with Gasteiger partial charge in [0.1, 0.15) is 0 Å². The van der Waals surface area contributed by atoms with Gasteiger partial charge in [0.05, 0.1) is 23.9 Å². The van der Waals surface area contributed by atoms with Crippen LogP contribution in [0.25, 0.3) is 0 Å². The van der Waals surface area contributed by atoms with E-state index in [0.29, 0.717) is 0 Å². The number of hydrogen-bond acceptors (Lipinski definition) is 5. The lowest BCUT2D eigenvalue weighted by molar-refractivity contribution is 0.00578. The highest BCUT2D eigenvalue weighted by atomic mass is 19.1. The van der Waals surface area contributed by atoms with Crippen LogP contribution >= 0.6 is 0 Å². The first-order chi connectivity index (χ1) is 9.18. The molecule has 20 heavy (non-hydrogen) atoms. The van der Waals surface area contributed by atoms with Crippen molar-refractivity contribution in [1.82, 2.24) is 4.98 Å². The molecule has 1 aromatic rings. The fourth-order valence-electron chi connectivity index (χ4n) is 1.83. The van der Waals surface area contributed by atoms with Gasteiger partial charge in [-0.1, -0.05) is 0 Å². The van der Waals surface area contributed by atoms with Crippen molar-refractivity contribution in [2.75, 3.05) is 7.11 Å². The number of pyridine rings is 1. The molecule has 5 nitrogen and oxygen atoms in total. The summed E-state index contributed by atoms with van der Waals surface area (Å²) in [5.41, 5.74) is -0.943. The third-order valence-corrected chi connectivity index (χ3v) is 3.79. The van der Waals surface area contributed by atoms with Crippen LogP contribution in [0.2, 0.25) is 0 Å². The molecule has 108 valence electrons. The molecule has 1 aromatic heterocycles. The predicted octanol–water partition coefficient (Wildman–Crippen LogP) is 1.31. The zero-order valence-electron chi connectivity index (χ0n) is 12.2. The Kier molecular flexibility index (Phi) is 3.60. The molecule has 0 radical (unpaired) electrons. The Bertz CT molecular complexity index is 531. The molecule has 0 amide bonds. The molecule has 2 rings (SSSR count). The van der Waals surface area contributed by atoms with Crippen molar-refractivity contribution in [3.8, 4) is 0 Å². The van der Waals surface area contributed by atoms with Gasteiger partial charge in [0, 0.05) is 11.7 Å². The van der Waals surface area contributed by atoms with Crippen LogP contribution < -0.4 is 5.46 Å². The molecule has 1 aliphatic rings. The van der Waals surface area contributed by atoms with Gasteiger partial charge < -0.3 is 14.0 Å². The first kappa shape index (κ1) is 14.9. The lowest BCUT2D eigenvalue weighted by Crippen LogP contribution is -2.41. The Morgan fingerprint density at radius 3 is 2.35 bits per heavy atom. The Labute approximate surface area is 117 Å². The standard InChI is InChI=1S/C13H17BFNO4/c1-12(2)13(3,4)20-14(19-12)9-6-8(11(17)18-5)7-16-10(9)15/h6-7H,1-5H3. The molecule has 7 heteroatoms. The van der Waals surface area contributed by atoms with Gasteiger partial charge in [-0.2, -0.15) is 4.39 Å². The molecular formula is C13H17BFNO4. The molecule has 1 fully saturated rings. The average molecular weight is 281 g/mol. The molecule has 0 spiro atoms. The smallest absolute Gasteiger partial charge is 0.465 e. The van der Waals surface area contributed by atoms with E-state index in [-0.39, 0.29) is 11.0 Å². The highest BCUT2D eigenvalue weighted by Gasteiger charge is 2.52. The van der Waals surface area contributed by atoms with Crippen LogP contribution in [0.5, 0.6) is 0 Å². The number of hydrogen-bond donors (Lipinski definition) is 0. The first-order valence-electron chi connectivity index (χ1n) is 6.27. The van der Waals surface area contributed by atoms with Gasteiger partial charge in [0.2, 0.25) is 5.95 Å². The lowest BCUT2D eigenvalue weighted by Gasteiger charge is -2.32. The van der Waals surface area contributed by atoms with E-state index in [9.17, 15) is 9.18 Å². The second kappa shape index (κ2) is 4.82. The van der Waals surface area contributed by atoms with Crippen LogP contribution in [0, 0.1) is 5.95 Å². The third kappa shape index (κ3) is 2.43. The topological polar surface area (TPSA) is 57.7 Å². The van der Waals surface area contributed by atoms with E-state index in [4.69, 9.17) is 9.31 Å². The number of halogens is 1. The molecular weight excluding hydrogens is 264 g/mol. The lowest BCUT2D eigenvalue weighted by atomic mass is 9.79. The maximum Gasteiger partial charge on any atom is 0.499 e. The number of rotatable bonds is 2. The van der Waals surface area contributed by atoms with Gasteiger partial charge in [-0.25, -0.2) is 9.78 Å². The second-order valence-corrected chi connectivity index (χ2v) is 5.68. The Morgan fingerprint density at radius 2 is 1.85 bits per heavy atom. The van der Waals surface area contributed by atoms with Crippen LogP contribution in [0.1, 0.15) is 38.1 Å². The Morgan fingerprint density at radius 1 is 1.30 bits per heavy atom. The normalized spacial score (nSPS) is 20.0. The Hall–Kier alpha value is -1.47. The fraction of sp³-hybridized carbons (Fsp3) is 0.538. The minimum atomic E-state index is -0.905. The quantitative estimate of drug-likeness (QED) is 0.464. The summed E-state index contributed by atoms with van der Waals surface area (Å²) in [5, 5.41) is 0. The maximum absolute atomic E-state index is 13.9. The van der Waals surface area contributed by atoms with Gasteiger partial charge in [-0.15, -0.1) is 0 Å². The SMILES string of the molecule is COC(=O)c1cnc(F)c(B2OC(C)(C)C(C)(C)O2)c1. The van der Waals surface area contributed by atoms with Crippen molar-refractivity contribution < 1.29 is 23.2 Å². The maximum atomic E-state index is 13.9. The first-order valence-corrected chi connectivity index (χ1v) is 6.27. The summed E-state index contributed by atoms with van der Waals surface area (Å²) in [7, 11) is 0.345. The number of carbonyl (C=O) groups excluding carboxylic acids is 1. The summed E-state index contributed by atoms with van der Waals surface area (Å²) < 4.78 is 30.0. The van der Waals surface area contributed by atoms with E-state index < -0.39 is 30.2 Å². The summed E-state index contributed by atoms with van der Waals surface area (Å²) >= 11 is 0. The molecule has 0 N–H and O–H groups in total. The predicted molar refractivity (Wildman–Crippen MR) is 71.3 cm³/mol. The molecule has 0 bridgehead atoms. The fourth-order valence-corrected chi connectivity index (χ4v) is 1.83. The minimum Gasteiger partial charge on any atom is -0.465 e. The highest BCUT2D eigenvalue weighted by Crippen LogP contribution is 2.36. The number of esters is 1. The zero-order valence-corrected chi connectivity index (χ0v) is 12.2. The summed E-state index contributed by atoms with van der Waals surface area (Å²) in [6.45, 7) is 7.45.